The lowest BCUT2D eigenvalue weighted by atomic mass is 10.2. The van der Waals surface area contributed by atoms with E-state index in [1.54, 1.807) is 0 Å². The van der Waals surface area contributed by atoms with Crippen LogP contribution in [-0.2, 0) is 0 Å². The van der Waals surface area contributed by atoms with E-state index in [4.69, 9.17) is 33.4 Å². The highest BCUT2D eigenvalue weighted by Crippen LogP contribution is 2.21. The Bertz CT molecular complexity index is 769. The van der Waals surface area contributed by atoms with Crippen LogP contribution in [0.2, 0.25) is 10.0 Å². The molecule has 0 fully saturated rings. The van der Waals surface area contributed by atoms with E-state index in [2.05, 4.69) is 0 Å². The third-order valence-electron chi connectivity index (χ3n) is 2.41. The summed E-state index contributed by atoms with van der Waals surface area (Å²) in [6, 6.07) is 6.43. The fourth-order valence-electron chi connectivity index (χ4n) is 1.38. The molecule has 2 N–H and O–H groups in total. The van der Waals surface area contributed by atoms with Gasteiger partial charge in [0.1, 0.15) is 0 Å². The Labute approximate surface area is 152 Å². The van der Waals surface area contributed by atoms with Crippen LogP contribution in [0.3, 0.4) is 0 Å². The number of carboxylic acid groups (broad SMARTS) is 2. The van der Waals surface area contributed by atoms with Crippen molar-refractivity contribution in [3.63, 3.8) is 0 Å². The first-order valence-corrected chi connectivity index (χ1v) is 7.53. The van der Waals surface area contributed by atoms with Gasteiger partial charge in [0, 0.05) is 3.57 Å². The SMILES string of the molecule is O=C(O)c1cc(I)cc(Cl)c1F.O=C(O)c1cccc(Cl)c1F. The first kappa shape index (κ1) is 19.6. The predicted molar refractivity (Wildman–Crippen MR) is 89.5 cm³/mol. The van der Waals surface area contributed by atoms with Crippen molar-refractivity contribution < 1.29 is 28.6 Å². The Balaban J connectivity index is 0.000000231. The van der Waals surface area contributed by atoms with E-state index in [1.807, 2.05) is 22.6 Å². The third-order valence-corrected chi connectivity index (χ3v) is 3.60. The monoisotopic (exact) mass is 474 g/mol. The summed E-state index contributed by atoms with van der Waals surface area (Å²) in [5, 5.41) is 16.6. The lowest BCUT2D eigenvalue weighted by molar-refractivity contribution is 0.0680. The summed E-state index contributed by atoms with van der Waals surface area (Å²) in [6.07, 6.45) is 0. The molecule has 0 spiro atoms. The van der Waals surface area contributed by atoms with Gasteiger partial charge < -0.3 is 10.2 Å². The topological polar surface area (TPSA) is 74.6 Å². The van der Waals surface area contributed by atoms with Gasteiger partial charge in [-0.3, -0.25) is 0 Å². The van der Waals surface area contributed by atoms with Crippen LogP contribution in [0.1, 0.15) is 20.7 Å². The van der Waals surface area contributed by atoms with Crippen molar-refractivity contribution in [3.8, 4) is 0 Å². The molecular formula is C14H7Cl2F2IO4. The van der Waals surface area contributed by atoms with Crippen molar-refractivity contribution in [1.29, 1.82) is 0 Å². The number of carboxylic acids is 2. The van der Waals surface area contributed by atoms with Gasteiger partial charge in [-0.1, -0.05) is 29.3 Å². The highest BCUT2D eigenvalue weighted by molar-refractivity contribution is 14.1. The van der Waals surface area contributed by atoms with Gasteiger partial charge in [0.15, 0.2) is 11.6 Å². The van der Waals surface area contributed by atoms with Gasteiger partial charge in [-0.25, -0.2) is 18.4 Å². The zero-order valence-electron chi connectivity index (χ0n) is 11.0. The van der Waals surface area contributed by atoms with Gasteiger partial charge in [0.2, 0.25) is 0 Å². The van der Waals surface area contributed by atoms with Gasteiger partial charge in [-0.05, 0) is 46.9 Å². The molecule has 2 aromatic carbocycles. The summed E-state index contributed by atoms with van der Waals surface area (Å²) in [4.78, 5) is 20.7. The van der Waals surface area contributed by atoms with Crippen molar-refractivity contribution in [1.82, 2.24) is 0 Å². The summed E-state index contributed by atoms with van der Waals surface area (Å²) in [7, 11) is 0. The standard InChI is InChI=1S/C7H3ClFIO2.C7H4ClFO2/c8-5-2-3(10)1-4(6(5)9)7(11)12;8-5-3-1-2-4(6(5)9)7(10)11/h1-2H,(H,11,12);1-3H,(H,10,11). The van der Waals surface area contributed by atoms with Crippen molar-refractivity contribution in [2.45, 2.75) is 0 Å². The summed E-state index contributed by atoms with van der Waals surface area (Å²) in [6.45, 7) is 0. The fraction of sp³-hybridized carbons (Fsp3) is 0. The number of aromatic carboxylic acids is 2. The highest BCUT2D eigenvalue weighted by Gasteiger charge is 2.14. The number of benzene rings is 2. The van der Waals surface area contributed by atoms with Crippen LogP contribution in [0.25, 0.3) is 0 Å². The number of halogens is 5. The average Bonchev–Trinajstić information content (AvgIpc) is 2.46. The summed E-state index contributed by atoms with van der Waals surface area (Å²) >= 11 is 12.6. The van der Waals surface area contributed by atoms with Crippen molar-refractivity contribution in [2.75, 3.05) is 0 Å². The molecule has 0 amide bonds. The van der Waals surface area contributed by atoms with Gasteiger partial charge >= 0.3 is 11.9 Å². The minimum Gasteiger partial charge on any atom is -0.478 e. The maximum Gasteiger partial charge on any atom is 0.338 e. The molecule has 0 heterocycles. The number of hydrogen-bond donors (Lipinski definition) is 2. The van der Waals surface area contributed by atoms with Crippen molar-refractivity contribution >= 4 is 57.7 Å². The predicted octanol–water partition coefficient (Wildman–Crippen LogP) is 4.96. The molecule has 2 rings (SSSR count). The van der Waals surface area contributed by atoms with E-state index in [0.717, 1.165) is 6.07 Å². The summed E-state index contributed by atoms with van der Waals surface area (Å²) in [5.41, 5.74) is -0.801. The molecule has 0 unspecified atom stereocenters. The fourth-order valence-corrected chi connectivity index (χ4v) is 2.58. The smallest absolute Gasteiger partial charge is 0.338 e. The Morgan fingerprint density at radius 1 is 0.913 bits per heavy atom. The molecule has 2 aromatic rings. The van der Waals surface area contributed by atoms with Crippen LogP contribution in [0.15, 0.2) is 30.3 Å². The number of hydrogen-bond acceptors (Lipinski definition) is 2. The molecule has 0 saturated carbocycles. The number of rotatable bonds is 2. The lowest BCUT2D eigenvalue weighted by Crippen LogP contribution is -2.01. The Kier molecular flexibility index (Phi) is 7.17. The Hall–Kier alpha value is -1.45. The normalized spacial score (nSPS) is 9.78. The molecule has 0 radical (unpaired) electrons. The zero-order valence-corrected chi connectivity index (χ0v) is 14.7. The minimum absolute atomic E-state index is 0.167. The molecule has 0 aliphatic heterocycles. The Morgan fingerprint density at radius 2 is 1.43 bits per heavy atom. The summed E-state index contributed by atoms with van der Waals surface area (Å²) in [5.74, 6) is -4.40. The first-order valence-electron chi connectivity index (χ1n) is 5.70. The molecule has 122 valence electrons. The van der Waals surface area contributed by atoms with Crippen LogP contribution in [0.4, 0.5) is 8.78 Å². The number of carbonyl (C=O) groups is 2. The maximum absolute atomic E-state index is 12.9. The van der Waals surface area contributed by atoms with Crippen molar-refractivity contribution in [2.24, 2.45) is 0 Å². The van der Waals surface area contributed by atoms with E-state index in [1.165, 1.54) is 24.3 Å². The second-order valence-electron chi connectivity index (χ2n) is 3.96. The average molecular weight is 475 g/mol. The van der Waals surface area contributed by atoms with E-state index in [-0.39, 0.29) is 10.0 Å². The van der Waals surface area contributed by atoms with Gasteiger partial charge in [-0.15, -0.1) is 0 Å². The molecule has 9 heteroatoms. The van der Waals surface area contributed by atoms with Crippen LogP contribution >= 0.6 is 45.8 Å². The van der Waals surface area contributed by atoms with Gasteiger partial charge in [0.05, 0.1) is 21.2 Å². The van der Waals surface area contributed by atoms with Crippen LogP contribution in [0, 0.1) is 15.2 Å². The van der Waals surface area contributed by atoms with Gasteiger partial charge in [-0.2, -0.15) is 0 Å². The molecule has 0 saturated heterocycles. The van der Waals surface area contributed by atoms with E-state index >= 15 is 0 Å². The largest absolute Gasteiger partial charge is 0.478 e. The first-order chi connectivity index (χ1) is 10.6. The molecule has 23 heavy (non-hydrogen) atoms. The molecule has 0 bridgehead atoms. The zero-order chi connectivity index (χ0) is 17.7. The molecule has 0 aliphatic carbocycles. The van der Waals surface area contributed by atoms with Crippen molar-refractivity contribution in [3.05, 3.63) is 66.7 Å². The second-order valence-corrected chi connectivity index (χ2v) is 6.02. The summed E-state index contributed by atoms with van der Waals surface area (Å²) < 4.78 is 26.2. The molecule has 0 aliphatic rings. The van der Waals surface area contributed by atoms with E-state index < -0.39 is 34.7 Å². The third kappa shape index (κ3) is 5.29. The Morgan fingerprint density at radius 3 is 1.91 bits per heavy atom. The van der Waals surface area contributed by atoms with Crippen LogP contribution in [-0.4, -0.2) is 22.2 Å². The maximum atomic E-state index is 12.9. The quantitative estimate of drug-likeness (QED) is 0.476. The molecular weight excluding hydrogens is 468 g/mol. The lowest BCUT2D eigenvalue weighted by Gasteiger charge is -1.99. The van der Waals surface area contributed by atoms with Crippen LogP contribution < -0.4 is 0 Å². The van der Waals surface area contributed by atoms with E-state index in [0.29, 0.717) is 3.57 Å². The van der Waals surface area contributed by atoms with Gasteiger partial charge in [0.25, 0.3) is 0 Å². The highest BCUT2D eigenvalue weighted by atomic mass is 127. The molecule has 4 nitrogen and oxygen atoms in total. The second kappa shape index (κ2) is 8.42. The minimum atomic E-state index is -1.31. The van der Waals surface area contributed by atoms with E-state index in [9.17, 15) is 18.4 Å². The molecule has 0 atom stereocenters. The molecule has 0 aromatic heterocycles. The van der Waals surface area contributed by atoms with Crippen LogP contribution in [0.5, 0.6) is 0 Å².